The van der Waals surface area contributed by atoms with Crippen LogP contribution in [0.5, 0.6) is 0 Å². The zero-order valence-electron chi connectivity index (χ0n) is 15.0. The molecule has 136 valence electrons. The Labute approximate surface area is 157 Å². The topological polar surface area (TPSA) is 73.8 Å². The Balaban J connectivity index is 1.26. The first-order chi connectivity index (χ1) is 12.7. The molecule has 8 heteroatoms. The SMILES string of the molecule is CN(Cc1cnccn1)SC[C@H]1C[C@@H](N(C)c2ncnc3[nH]ccc23)C1. The smallest absolute Gasteiger partial charge is 0.142 e. The predicted octanol–water partition coefficient (Wildman–Crippen LogP) is 2.74. The Morgan fingerprint density at radius 1 is 1.19 bits per heavy atom. The van der Waals surface area contributed by atoms with Crippen LogP contribution in [0.15, 0.2) is 37.2 Å². The van der Waals surface area contributed by atoms with Gasteiger partial charge in [0.2, 0.25) is 0 Å². The van der Waals surface area contributed by atoms with Gasteiger partial charge in [-0.3, -0.25) is 9.97 Å². The molecule has 0 aliphatic heterocycles. The van der Waals surface area contributed by atoms with Crippen molar-refractivity contribution < 1.29 is 0 Å². The number of nitrogens with one attached hydrogen (secondary N) is 1. The predicted molar refractivity (Wildman–Crippen MR) is 105 cm³/mol. The largest absolute Gasteiger partial charge is 0.356 e. The zero-order valence-corrected chi connectivity index (χ0v) is 15.9. The summed E-state index contributed by atoms with van der Waals surface area (Å²) in [6, 6.07) is 2.60. The monoisotopic (exact) mass is 369 g/mol. The fraction of sp³-hybridized carbons (Fsp3) is 0.444. The maximum atomic E-state index is 4.50. The molecule has 3 heterocycles. The molecule has 0 saturated heterocycles. The van der Waals surface area contributed by atoms with Crippen molar-refractivity contribution in [3.63, 3.8) is 0 Å². The summed E-state index contributed by atoms with van der Waals surface area (Å²) in [6.07, 6.45) is 11.3. The summed E-state index contributed by atoms with van der Waals surface area (Å²) in [5.74, 6) is 2.91. The van der Waals surface area contributed by atoms with E-state index in [9.17, 15) is 0 Å². The van der Waals surface area contributed by atoms with E-state index < -0.39 is 0 Å². The molecule has 1 aliphatic carbocycles. The first-order valence-electron chi connectivity index (χ1n) is 8.80. The van der Waals surface area contributed by atoms with E-state index >= 15 is 0 Å². The van der Waals surface area contributed by atoms with Crippen LogP contribution in [0.1, 0.15) is 18.5 Å². The Morgan fingerprint density at radius 2 is 2.08 bits per heavy atom. The lowest BCUT2D eigenvalue weighted by Crippen LogP contribution is -2.44. The van der Waals surface area contributed by atoms with Gasteiger partial charge in [-0.15, -0.1) is 0 Å². The molecule has 0 aromatic carbocycles. The lowest BCUT2D eigenvalue weighted by molar-refractivity contribution is 0.284. The Hall–Kier alpha value is -2.19. The first-order valence-corrected chi connectivity index (χ1v) is 9.75. The number of aromatic amines is 1. The fourth-order valence-corrected chi connectivity index (χ4v) is 4.34. The summed E-state index contributed by atoms with van der Waals surface area (Å²) in [5, 5.41) is 1.09. The second kappa shape index (κ2) is 7.59. The molecule has 0 spiro atoms. The van der Waals surface area contributed by atoms with Gasteiger partial charge >= 0.3 is 0 Å². The highest BCUT2D eigenvalue weighted by Gasteiger charge is 2.33. The Kier molecular flexibility index (Phi) is 5.03. The number of H-pyrrole nitrogens is 1. The van der Waals surface area contributed by atoms with E-state index in [0.717, 1.165) is 40.8 Å². The van der Waals surface area contributed by atoms with Gasteiger partial charge in [-0.2, -0.15) is 0 Å². The van der Waals surface area contributed by atoms with Gasteiger partial charge in [-0.1, -0.05) is 11.9 Å². The van der Waals surface area contributed by atoms with Crippen molar-refractivity contribution in [2.24, 2.45) is 5.92 Å². The third-order valence-electron chi connectivity index (χ3n) is 4.96. The van der Waals surface area contributed by atoms with Crippen molar-refractivity contribution in [1.82, 2.24) is 29.2 Å². The minimum atomic E-state index is 0.555. The van der Waals surface area contributed by atoms with Crippen molar-refractivity contribution in [3.8, 4) is 0 Å². The molecule has 7 nitrogen and oxygen atoms in total. The number of hydrogen-bond donors (Lipinski definition) is 1. The van der Waals surface area contributed by atoms with E-state index in [1.54, 1.807) is 18.7 Å². The van der Waals surface area contributed by atoms with Gasteiger partial charge in [-0.05, 0) is 31.9 Å². The van der Waals surface area contributed by atoms with Crippen molar-refractivity contribution in [2.75, 3.05) is 24.7 Å². The van der Waals surface area contributed by atoms with E-state index in [0.29, 0.717) is 6.04 Å². The van der Waals surface area contributed by atoms with Crippen LogP contribution in [-0.2, 0) is 6.54 Å². The van der Waals surface area contributed by atoms with E-state index in [4.69, 9.17) is 0 Å². The maximum Gasteiger partial charge on any atom is 0.142 e. The van der Waals surface area contributed by atoms with E-state index in [1.165, 1.54) is 12.8 Å². The molecule has 26 heavy (non-hydrogen) atoms. The highest BCUT2D eigenvalue weighted by molar-refractivity contribution is 7.96. The molecule has 0 atom stereocenters. The van der Waals surface area contributed by atoms with Crippen LogP contribution in [0, 0.1) is 5.92 Å². The molecule has 1 aliphatic rings. The number of fused-ring (bicyclic) bond motifs is 1. The van der Waals surface area contributed by atoms with Crippen LogP contribution in [0.2, 0.25) is 0 Å². The average Bonchev–Trinajstić information content (AvgIpc) is 3.09. The molecule has 0 unspecified atom stereocenters. The van der Waals surface area contributed by atoms with Crippen LogP contribution in [-0.4, -0.2) is 55.1 Å². The lowest BCUT2D eigenvalue weighted by Gasteiger charge is -2.42. The summed E-state index contributed by atoms with van der Waals surface area (Å²) < 4.78 is 2.24. The minimum absolute atomic E-state index is 0.555. The Morgan fingerprint density at radius 3 is 2.88 bits per heavy atom. The van der Waals surface area contributed by atoms with Gasteiger partial charge in [0.25, 0.3) is 0 Å². The minimum Gasteiger partial charge on any atom is -0.356 e. The van der Waals surface area contributed by atoms with Gasteiger partial charge in [0, 0.05) is 43.6 Å². The highest BCUT2D eigenvalue weighted by Crippen LogP contribution is 2.37. The summed E-state index contributed by atoms with van der Waals surface area (Å²) >= 11 is 1.89. The molecule has 1 N–H and O–H groups in total. The second-order valence-electron chi connectivity index (χ2n) is 6.82. The molecule has 1 fully saturated rings. The number of rotatable bonds is 7. The molecule has 0 amide bonds. The molecule has 3 aromatic heterocycles. The molecule has 1 saturated carbocycles. The van der Waals surface area contributed by atoms with E-state index in [2.05, 4.69) is 54.3 Å². The van der Waals surface area contributed by atoms with Crippen molar-refractivity contribution in [2.45, 2.75) is 25.4 Å². The number of aromatic nitrogens is 5. The summed E-state index contributed by atoms with van der Waals surface area (Å²) in [6.45, 7) is 0.820. The van der Waals surface area contributed by atoms with E-state index in [1.807, 2.05) is 24.3 Å². The highest BCUT2D eigenvalue weighted by atomic mass is 32.2. The van der Waals surface area contributed by atoms with Crippen LogP contribution < -0.4 is 4.90 Å². The quantitative estimate of drug-likeness (QED) is 0.642. The van der Waals surface area contributed by atoms with Gasteiger partial charge in [0.15, 0.2) is 0 Å². The Bertz CT molecular complexity index is 847. The van der Waals surface area contributed by atoms with Gasteiger partial charge in [0.1, 0.15) is 17.8 Å². The van der Waals surface area contributed by atoms with Crippen molar-refractivity contribution in [1.29, 1.82) is 0 Å². The van der Waals surface area contributed by atoms with E-state index in [-0.39, 0.29) is 0 Å². The van der Waals surface area contributed by atoms with Gasteiger partial charge in [0.05, 0.1) is 17.6 Å². The molecular weight excluding hydrogens is 346 g/mol. The van der Waals surface area contributed by atoms with Gasteiger partial charge < -0.3 is 9.88 Å². The number of nitrogens with zero attached hydrogens (tertiary/aromatic N) is 6. The standard InChI is InChI=1S/C18H23N7S/c1-24(10-14-9-19-5-6-20-14)26-11-13-7-15(8-13)25(2)18-16-3-4-21-17(16)22-12-23-18/h3-6,9,12-13,15H,7-8,10-11H2,1-2H3,(H,21,22,23)/t13-,15+. The normalized spacial score (nSPS) is 19.7. The summed E-state index contributed by atoms with van der Waals surface area (Å²) in [5.41, 5.74) is 1.91. The first kappa shape index (κ1) is 17.2. The third-order valence-corrected chi connectivity index (χ3v) is 6.15. The zero-order chi connectivity index (χ0) is 17.9. The van der Waals surface area contributed by atoms with Crippen molar-refractivity contribution >= 4 is 28.8 Å². The molecule has 0 radical (unpaired) electrons. The van der Waals surface area contributed by atoms with Gasteiger partial charge in [-0.25, -0.2) is 14.3 Å². The molecule has 0 bridgehead atoms. The maximum absolute atomic E-state index is 4.50. The molecule has 4 rings (SSSR count). The number of hydrogen-bond acceptors (Lipinski definition) is 7. The second-order valence-corrected chi connectivity index (χ2v) is 8.03. The third kappa shape index (κ3) is 3.66. The molecular formula is C18H23N7S. The average molecular weight is 369 g/mol. The van der Waals surface area contributed by atoms with Crippen LogP contribution in [0.4, 0.5) is 5.82 Å². The summed E-state index contributed by atoms with van der Waals surface area (Å²) in [4.78, 5) is 22.7. The summed E-state index contributed by atoms with van der Waals surface area (Å²) in [7, 11) is 4.26. The van der Waals surface area contributed by atoms with Crippen LogP contribution in [0.3, 0.4) is 0 Å². The fourth-order valence-electron chi connectivity index (χ4n) is 3.38. The van der Waals surface area contributed by atoms with Crippen LogP contribution in [0.25, 0.3) is 11.0 Å². The van der Waals surface area contributed by atoms with Crippen LogP contribution >= 0.6 is 11.9 Å². The lowest BCUT2D eigenvalue weighted by atomic mass is 9.81. The number of anilines is 1. The molecule has 3 aromatic rings. The van der Waals surface area contributed by atoms with Crippen molar-refractivity contribution in [3.05, 3.63) is 42.9 Å².